The molecule has 0 aromatic rings. The van der Waals surface area contributed by atoms with Crippen LogP contribution in [0.25, 0.3) is 0 Å². The second-order valence-electron chi connectivity index (χ2n) is 4.77. The Balaban J connectivity index is 2.31. The van der Waals surface area contributed by atoms with Crippen LogP contribution in [-0.2, 0) is 9.59 Å². The van der Waals surface area contributed by atoms with Crippen LogP contribution in [0.3, 0.4) is 0 Å². The Morgan fingerprint density at radius 3 is 2.53 bits per heavy atom. The Bertz CT molecular complexity index is 340. The maximum Gasteiger partial charge on any atom is 0.255 e. The summed E-state index contributed by atoms with van der Waals surface area (Å²) in [7, 11) is 0. The fraction of sp³-hybridized carbons (Fsp3) is 0.818. The lowest BCUT2D eigenvalue weighted by Gasteiger charge is -2.45. The van der Waals surface area contributed by atoms with Crippen LogP contribution in [0, 0.1) is 0 Å². The largest absolute Gasteiger partial charge is 0.343 e. The van der Waals surface area contributed by atoms with Crippen molar-refractivity contribution in [2.45, 2.75) is 50.6 Å². The smallest absolute Gasteiger partial charge is 0.255 e. The molecule has 1 aliphatic heterocycles. The molecule has 2 fully saturated rings. The summed E-state index contributed by atoms with van der Waals surface area (Å²) in [5, 5.41) is 2.59. The van der Waals surface area contributed by atoms with Gasteiger partial charge >= 0.3 is 0 Å². The first-order valence-corrected chi connectivity index (χ1v) is 5.88. The van der Waals surface area contributed by atoms with Gasteiger partial charge in [0.2, 0.25) is 11.8 Å². The highest BCUT2D eigenvalue weighted by molar-refractivity contribution is 5.99. The van der Waals surface area contributed by atoms with Gasteiger partial charge in [-0.2, -0.15) is 0 Å². The van der Waals surface area contributed by atoms with Gasteiger partial charge in [-0.05, 0) is 19.8 Å². The summed E-state index contributed by atoms with van der Waals surface area (Å²) in [6.45, 7) is 0.886. The van der Waals surface area contributed by atoms with Crippen LogP contribution in [0.4, 0.5) is 8.78 Å². The Morgan fingerprint density at radius 1 is 1.41 bits per heavy atom. The second kappa shape index (κ2) is 4.23. The summed E-state index contributed by atoms with van der Waals surface area (Å²) in [5.74, 6) is -0.672. The van der Waals surface area contributed by atoms with Crippen molar-refractivity contribution in [1.82, 2.24) is 10.2 Å². The minimum atomic E-state index is -2.60. The molecule has 1 unspecified atom stereocenters. The van der Waals surface area contributed by atoms with Gasteiger partial charge in [0.15, 0.2) is 0 Å². The van der Waals surface area contributed by atoms with Crippen molar-refractivity contribution in [3.05, 3.63) is 0 Å². The molecule has 0 aromatic heterocycles. The van der Waals surface area contributed by atoms with E-state index in [1.54, 1.807) is 0 Å². The summed E-state index contributed by atoms with van der Waals surface area (Å²) < 4.78 is 25.1. The molecule has 1 saturated carbocycles. The summed E-state index contributed by atoms with van der Waals surface area (Å²) in [4.78, 5) is 25.1. The van der Waals surface area contributed by atoms with E-state index in [0.29, 0.717) is 12.8 Å². The lowest BCUT2D eigenvalue weighted by molar-refractivity contribution is -0.159. The molecule has 4 nitrogen and oxygen atoms in total. The zero-order valence-corrected chi connectivity index (χ0v) is 9.71. The Hall–Kier alpha value is -1.20. The molecule has 1 saturated heterocycles. The zero-order valence-electron chi connectivity index (χ0n) is 9.71. The number of carbonyl (C=O) groups is 2. The maximum atomic E-state index is 12.6. The highest BCUT2D eigenvalue weighted by atomic mass is 19.3. The highest BCUT2D eigenvalue weighted by Crippen LogP contribution is 2.38. The number of hydrogen-bond donors (Lipinski definition) is 1. The molecule has 1 atom stereocenters. The molecule has 1 heterocycles. The summed E-state index contributed by atoms with van der Waals surface area (Å²) in [5.41, 5.74) is -1.01. The normalized spacial score (nSPS) is 28.0. The first-order valence-electron chi connectivity index (χ1n) is 5.88. The number of hydrogen-bond acceptors (Lipinski definition) is 2. The SMILES string of the molecule is CC1NC(=O)C2(CCCC2)N(CC(F)F)C1=O. The van der Waals surface area contributed by atoms with Crippen molar-refractivity contribution in [2.75, 3.05) is 6.54 Å². The molecule has 96 valence electrons. The van der Waals surface area contributed by atoms with E-state index in [2.05, 4.69) is 5.32 Å². The van der Waals surface area contributed by atoms with Gasteiger partial charge in [-0.3, -0.25) is 9.59 Å². The van der Waals surface area contributed by atoms with Gasteiger partial charge in [0, 0.05) is 0 Å². The molecule has 17 heavy (non-hydrogen) atoms. The summed E-state index contributed by atoms with van der Waals surface area (Å²) in [6, 6.07) is -0.701. The third kappa shape index (κ3) is 1.89. The summed E-state index contributed by atoms with van der Waals surface area (Å²) >= 11 is 0. The number of carbonyl (C=O) groups excluding carboxylic acids is 2. The van der Waals surface area contributed by atoms with E-state index in [0.717, 1.165) is 17.7 Å². The number of piperazine rings is 1. The van der Waals surface area contributed by atoms with Gasteiger partial charge in [0.25, 0.3) is 6.43 Å². The van der Waals surface area contributed by atoms with Crippen molar-refractivity contribution in [3.63, 3.8) is 0 Å². The fourth-order valence-electron chi connectivity index (χ4n) is 2.82. The number of rotatable bonds is 2. The standard InChI is InChI=1S/C11H16F2N2O2/c1-7-9(16)15(6-8(12)13)11(10(17)14-7)4-2-3-5-11/h7-8H,2-6H2,1H3,(H,14,17). The van der Waals surface area contributed by atoms with Crippen LogP contribution in [0.1, 0.15) is 32.6 Å². The van der Waals surface area contributed by atoms with Crippen LogP contribution in [0.15, 0.2) is 0 Å². The molecule has 0 bridgehead atoms. The Labute approximate surface area is 98.3 Å². The zero-order chi connectivity index (χ0) is 12.6. The molecular formula is C11H16F2N2O2. The van der Waals surface area contributed by atoms with Crippen LogP contribution in [0.5, 0.6) is 0 Å². The second-order valence-corrected chi connectivity index (χ2v) is 4.77. The van der Waals surface area contributed by atoms with Gasteiger partial charge in [0.05, 0.1) is 6.54 Å². The van der Waals surface area contributed by atoms with Gasteiger partial charge in [-0.1, -0.05) is 12.8 Å². The number of amides is 2. The molecule has 6 heteroatoms. The van der Waals surface area contributed by atoms with Crippen molar-refractivity contribution in [3.8, 4) is 0 Å². The van der Waals surface area contributed by atoms with Crippen LogP contribution < -0.4 is 5.32 Å². The van der Waals surface area contributed by atoms with Crippen molar-refractivity contribution in [1.29, 1.82) is 0 Å². The molecular weight excluding hydrogens is 230 g/mol. The maximum absolute atomic E-state index is 12.6. The van der Waals surface area contributed by atoms with Crippen LogP contribution >= 0.6 is 0 Å². The number of nitrogens with one attached hydrogen (secondary N) is 1. The molecule has 0 radical (unpaired) electrons. The highest BCUT2D eigenvalue weighted by Gasteiger charge is 2.53. The van der Waals surface area contributed by atoms with Crippen molar-refractivity contribution >= 4 is 11.8 Å². The number of halogens is 2. The van der Waals surface area contributed by atoms with E-state index in [4.69, 9.17) is 0 Å². The molecule has 1 aliphatic carbocycles. The summed E-state index contributed by atoms with van der Waals surface area (Å²) in [6.07, 6.45) is -0.0213. The molecule has 2 aliphatic rings. The monoisotopic (exact) mass is 246 g/mol. The fourth-order valence-corrected chi connectivity index (χ4v) is 2.82. The molecule has 1 spiro atoms. The Morgan fingerprint density at radius 2 is 2.00 bits per heavy atom. The van der Waals surface area contributed by atoms with Crippen molar-refractivity contribution in [2.24, 2.45) is 0 Å². The van der Waals surface area contributed by atoms with Crippen molar-refractivity contribution < 1.29 is 18.4 Å². The minimum absolute atomic E-state index is 0.275. The predicted molar refractivity (Wildman–Crippen MR) is 56.5 cm³/mol. The quantitative estimate of drug-likeness (QED) is 0.787. The molecule has 0 aromatic carbocycles. The molecule has 2 amide bonds. The average Bonchev–Trinajstić information content (AvgIpc) is 2.72. The van der Waals surface area contributed by atoms with E-state index in [1.165, 1.54) is 6.92 Å². The third-order valence-corrected chi connectivity index (χ3v) is 3.67. The lowest BCUT2D eigenvalue weighted by Crippen LogP contribution is -2.69. The lowest BCUT2D eigenvalue weighted by atomic mass is 9.89. The predicted octanol–water partition coefficient (Wildman–Crippen LogP) is 0.911. The van der Waals surface area contributed by atoms with Gasteiger partial charge in [0.1, 0.15) is 11.6 Å². The molecule has 2 rings (SSSR count). The van der Waals surface area contributed by atoms with E-state index in [-0.39, 0.29) is 5.91 Å². The number of alkyl halides is 2. The van der Waals surface area contributed by atoms with Gasteiger partial charge in [-0.25, -0.2) is 8.78 Å². The van der Waals surface area contributed by atoms with Crippen LogP contribution in [0.2, 0.25) is 0 Å². The topological polar surface area (TPSA) is 49.4 Å². The van der Waals surface area contributed by atoms with Gasteiger partial charge < -0.3 is 10.2 Å². The van der Waals surface area contributed by atoms with Crippen LogP contribution in [-0.4, -0.2) is 41.3 Å². The van der Waals surface area contributed by atoms with Gasteiger partial charge in [-0.15, -0.1) is 0 Å². The van der Waals surface area contributed by atoms with E-state index >= 15 is 0 Å². The number of nitrogens with zero attached hydrogens (tertiary/aromatic N) is 1. The van der Waals surface area contributed by atoms with E-state index in [9.17, 15) is 18.4 Å². The van der Waals surface area contributed by atoms with E-state index in [1.807, 2.05) is 0 Å². The first kappa shape index (κ1) is 12.3. The van der Waals surface area contributed by atoms with E-state index < -0.39 is 30.5 Å². The third-order valence-electron chi connectivity index (χ3n) is 3.67. The first-order chi connectivity index (χ1) is 7.97. The minimum Gasteiger partial charge on any atom is -0.343 e. The average molecular weight is 246 g/mol. The molecule has 1 N–H and O–H groups in total. The Kier molecular flexibility index (Phi) is 3.05.